The molecule has 6 nitrogen and oxygen atoms in total. The fraction of sp³-hybridized carbons (Fsp3) is 0.364. The Labute approximate surface area is 166 Å². The average molecular weight is 384 g/mol. The molecule has 0 fully saturated rings. The highest BCUT2D eigenvalue weighted by Crippen LogP contribution is 2.29. The van der Waals surface area contributed by atoms with E-state index in [1.165, 1.54) is 0 Å². The van der Waals surface area contributed by atoms with Gasteiger partial charge in [-0.2, -0.15) is 5.10 Å². The Hall–Kier alpha value is -3.02. The molecule has 0 unspecified atom stereocenters. The molecule has 2 aromatic rings. The number of amides is 1. The lowest BCUT2D eigenvalue weighted by atomic mass is 10.1. The van der Waals surface area contributed by atoms with Crippen molar-refractivity contribution < 1.29 is 19.0 Å². The second-order valence-electron chi connectivity index (χ2n) is 6.01. The van der Waals surface area contributed by atoms with Crippen LogP contribution < -0.4 is 19.6 Å². The van der Waals surface area contributed by atoms with Crippen LogP contribution in [0.2, 0.25) is 0 Å². The minimum atomic E-state index is -0.298. The van der Waals surface area contributed by atoms with Crippen LogP contribution in [0.3, 0.4) is 0 Å². The lowest BCUT2D eigenvalue weighted by Gasteiger charge is -2.15. The second-order valence-corrected chi connectivity index (χ2v) is 6.01. The summed E-state index contributed by atoms with van der Waals surface area (Å²) in [5.41, 5.74) is 4.43. The predicted molar refractivity (Wildman–Crippen MR) is 111 cm³/mol. The van der Waals surface area contributed by atoms with Crippen molar-refractivity contribution in [1.82, 2.24) is 5.43 Å². The lowest BCUT2D eigenvalue weighted by Crippen LogP contribution is -2.19. The van der Waals surface area contributed by atoms with Gasteiger partial charge in [-0.3, -0.25) is 4.79 Å². The van der Waals surface area contributed by atoms with Gasteiger partial charge in [-0.15, -0.1) is 0 Å². The molecule has 0 heterocycles. The van der Waals surface area contributed by atoms with Crippen LogP contribution in [0.4, 0.5) is 0 Å². The second kappa shape index (κ2) is 11.0. The topological polar surface area (TPSA) is 69.2 Å². The van der Waals surface area contributed by atoms with Crippen LogP contribution in [0.25, 0.3) is 0 Å². The number of carbonyl (C=O) groups excluding carboxylic acids is 1. The van der Waals surface area contributed by atoms with Gasteiger partial charge in [0.2, 0.25) is 0 Å². The number of hydrogen-bond donors (Lipinski definition) is 1. The molecule has 0 saturated heterocycles. The van der Waals surface area contributed by atoms with E-state index in [2.05, 4.69) is 10.5 Å². The molecular weight excluding hydrogens is 356 g/mol. The molecule has 0 bridgehead atoms. The fourth-order valence-corrected chi connectivity index (χ4v) is 2.60. The van der Waals surface area contributed by atoms with Gasteiger partial charge in [0.1, 0.15) is 17.2 Å². The summed E-state index contributed by atoms with van der Waals surface area (Å²) in [5, 5.41) is 4.25. The Morgan fingerprint density at radius 1 is 0.929 bits per heavy atom. The molecule has 150 valence electrons. The van der Waals surface area contributed by atoms with Gasteiger partial charge in [-0.1, -0.05) is 13.0 Å². The summed E-state index contributed by atoms with van der Waals surface area (Å²) in [6.45, 7) is 9.38. The highest BCUT2D eigenvalue weighted by molar-refractivity contribution is 6.04. The largest absolute Gasteiger partial charge is 0.494 e. The van der Waals surface area contributed by atoms with Gasteiger partial charge in [0, 0.05) is 5.56 Å². The maximum absolute atomic E-state index is 12.4. The molecule has 0 aliphatic carbocycles. The zero-order chi connectivity index (χ0) is 20.4. The Morgan fingerprint density at radius 2 is 1.54 bits per heavy atom. The first-order valence-electron chi connectivity index (χ1n) is 9.57. The third-order valence-corrected chi connectivity index (χ3v) is 3.86. The molecule has 1 amide bonds. The maximum atomic E-state index is 12.4. The van der Waals surface area contributed by atoms with Gasteiger partial charge >= 0.3 is 0 Å². The van der Waals surface area contributed by atoms with Crippen LogP contribution in [0.15, 0.2) is 47.6 Å². The molecule has 28 heavy (non-hydrogen) atoms. The first-order chi connectivity index (χ1) is 13.6. The zero-order valence-corrected chi connectivity index (χ0v) is 17.0. The van der Waals surface area contributed by atoms with Gasteiger partial charge in [-0.25, -0.2) is 5.43 Å². The lowest BCUT2D eigenvalue weighted by molar-refractivity contribution is 0.0954. The quantitative estimate of drug-likeness (QED) is 0.486. The van der Waals surface area contributed by atoms with Crippen molar-refractivity contribution in [1.29, 1.82) is 0 Å². The summed E-state index contributed by atoms with van der Waals surface area (Å²) < 4.78 is 16.9. The van der Waals surface area contributed by atoms with Crippen LogP contribution in [0.1, 0.15) is 50.0 Å². The van der Waals surface area contributed by atoms with Gasteiger partial charge < -0.3 is 14.2 Å². The van der Waals surface area contributed by atoms with E-state index >= 15 is 0 Å². The monoisotopic (exact) mass is 384 g/mol. The van der Waals surface area contributed by atoms with Gasteiger partial charge in [-0.05, 0) is 63.6 Å². The number of hydrazone groups is 1. The molecule has 0 aliphatic heterocycles. The van der Waals surface area contributed by atoms with Crippen molar-refractivity contribution >= 4 is 11.6 Å². The highest BCUT2D eigenvalue weighted by atomic mass is 16.5. The number of rotatable bonds is 10. The summed E-state index contributed by atoms with van der Waals surface area (Å²) in [5.74, 6) is 1.78. The predicted octanol–water partition coefficient (Wildman–Crippen LogP) is 4.43. The highest BCUT2D eigenvalue weighted by Gasteiger charge is 2.14. The molecule has 0 saturated carbocycles. The normalized spacial score (nSPS) is 11.1. The van der Waals surface area contributed by atoms with Crippen LogP contribution >= 0.6 is 0 Å². The van der Waals surface area contributed by atoms with E-state index in [9.17, 15) is 4.79 Å². The van der Waals surface area contributed by atoms with Crippen LogP contribution in [-0.2, 0) is 0 Å². The first-order valence-corrected chi connectivity index (χ1v) is 9.57. The number of ether oxygens (including phenoxy) is 3. The number of hydrogen-bond acceptors (Lipinski definition) is 5. The smallest absolute Gasteiger partial charge is 0.271 e. The van der Waals surface area contributed by atoms with Crippen molar-refractivity contribution in [3.8, 4) is 17.2 Å². The molecule has 0 atom stereocenters. The van der Waals surface area contributed by atoms with Crippen molar-refractivity contribution in [2.24, 2.45) is 5.10 Å². The van der Waals surface area contributed by atoms with Crippen molar-refractivity contribution in [3.63, 3.8) is 0 Å². The van der Waals surface area contributed by atoms with Gasteiger partial charge in [0.05, 0.1) is 31.1 Å². The van der Waals surface area contributed by atoms with Crippen molar-refractivity contribution in [2.45, 2.75) is 34.1 Å². The molecule has 0 spiro atoms. The molecular formula is C22H28N2O4. The number of carbonyl (C=O) groups is 1. The van der Waals surface area contributed by atoms with Crippen LogP contribution in [0.5, 0.6) is 17.2 Å². The summed E-state index contributed by atoms with van der Waals surface area (Å²) in [6.07, 6.45) is 0.934. The van der Waals surface area contributed by atoms with Gasteiger partial charge in [0.15, 0.2) is 0 Å². The van der Waals surface area contributed by atoms with E-state index in [-0.39, 0.29) is 5.91 Å². The number of benzene rings is 2. The summed E-state index contributed by atoms with van der Waals surface area (Å²) in [6, 6.07) is 12.6. The first kappa shape index (κ1) is 21.3. The van der Waals surface area contributed by atoms with E-state index < -0.39 is 0 Å². The maximum Gasteiger partial charge on any atom is 0.271 e. The molecule has 2 rings (SSSR count). The van der Waals surface area contributed by atoms with E-state index in [1.54, 1.807) is 24.3 Å². The van der Waals surface area contributed by atoms with Crippen LogP contribution in [0, 0.1) is 0 Å². The number of nitrogens with one attached hydrogen (secondary N) is 1. The summed E-state index contributed by atoms with van der Waals surface area (Å²) in [7, 11) is 0. The Bertz CT molecular complexity index is 776. The summed E-state index contributed by atoms with van der Waals surface area (Å²) in [4.78, 5) is 12.4. The van der Waals surface area contributed by atoms with E-state index in [0.717, 1.165) is 17.7 Å². The zero-order valence-electron chi connectivity index (χ0n) is 17.0. The average Bonchev–Trinajstić information content (AvgIpc) is 2.71. The minimum absolute atomic E-state index is 0.298. The Morgan fingerprint density at radius 3 is 2.07 bits per heavy atom. The minimum Gasteiger partial charge on any atom is -0.494 e. The third-order valence-electron chi connectivity index (χ3n) is 3.86. The Kier molecular flexibility index (Phi) is 8.34. The molecule has 1 N–H and O–H groups in total. The summed E-state index contributed by atoms with van der Waals surface area (Å²) >= 11 is 0. The van der Waals surface area contributed by atoms with E-state index in [1.807, 2.05) is 45.9 Å². The standard InChI is InChI=1S/C22H28N2O4/c1-5-15-28-18-13-11-17(12-14-18)22(25)24-23-16(4)21-19(26-6-2)9-8-10-20(21)27-7-3/h8-14H,5-7,15H2,1-4H3,(H,24,25)/b23-16+. The van der Waals surface area contributed by atoms with Crippen molar-refractivity contribution in [2.75, 3.05) is 19.8 Å². The number of nitrogens with zero attached hydrogens (tertiary/aromatic N) is 1. The molecule has 0 radical (unpaired) electrons. The van der Waals surface area contributed by atoms with Gasteiger partial charge in [0.25, 0.3) is 5.91 Å². The van der Waals surface area contributed by atoms with E-state index in [4.69, 9.17) is 14.2 Å². The molecule has 0 aromatic heterocycles. The fourth-order valence-electron chi connectivity index (χ4n) is 2.60. The molecule has 2 aromatic carbocycles. The Balaban J connectivity index is 2.16. The molecule has 0 aliphatic rings. The SMILES string of the molecule is CCCOc1ccc(C(=O)N/N=C(\C)c2c(OCC)cccc2OCC)cc1. The van der Waals surface area contributed by atoms with Crippen LogP contribution in [-0.4, -0.2) is 31.4 Å². The van der Waals surface area contributed by atoms with Crippen molar-refractivity contribution in [3.05, 3.63) is 53.6 Å². The van der Waals surface area contributed by atoms with E-state index in [0.29, 0.717) is 42.6 Å². The third kappa shape index (κ3) is 5.74. The molecule has 6 heteroatoms.